The van der Waals surface area contributed by atoms with Crippen LogP contribution in [-0.2, 0) is 4.79 Å². The van der Waals surface area contributed by atoms with Crippen LogP contribution in [0.5, 0.6) is 0 Å². The van der Waals surface area contributed by atoms with E-state index in [9.17, 15) is 14.3 Å². The minimum Gasteiger partial charge on any atom is -0.481 e. The Bertz CT molecular complexity index is 537. The Hall–Kier alpha value is -1.36. The van der Waals surface area contributed by atoms with Crippen LogP contribution in [0.1, 0.15) is 63.5 Å². The molecule has 0 amide bonds. The summed E-state index contributed by atoms with van der Waals surface area (Å²) in [5.41, 5.74) is 1.14. The van der Waals surface area contributed by atoms with E-state index in [1.807, 2.05) is 19.1 Å². The van der Waals surface area contributed by atoms with Crippen LogP contribution < -0.4 is 0 Å². The molecule has 5 heteroatoms. The van der Waals surface area contributed by atoms with Crippen molar-refractivity contribution < 1.29 is 14.3 Å². The minimum atomic E-state index is -1.11. The van der Waals surface area contributed by atoms with Gasteiger partial charge in [-0.25, -0.2) is 4.39 Å². The van der Waals surface area contributed by atoms with Gasteiger partial charge in [0.15, 0.2) is 0 Å². The summed E-state index contributed by atoms with van der Waals surface area (Å²) in [7, 11) is 6.11. The van der Waals surface area contributed by atoms with E-state index in [4.69, 9.17) is 7.85 Å². The lowest BCUT2D eigenvalue weighted by Gasteiger charge is -2.29. The van der Waals surface area contributed by atoms with Crippen molar-refractivity contribution in [3.8, 4) is 0 Å². The monoisotopic (exact) mass is 331 g/mol. The van der Waals surface area contributed by atoms with Crippen LogP contribution in [0.4, 0.5) is 4.39 Å². The molecule has 2 unspecified atom stereocenters. The van der Waals surface area contributed by atoms with Gasteiger partial charge in [0.05, 0.1) is 7.85 Å². The Morgan fingerprint density at radius 2 is 2.00 bits per heavy atom. The molecule has 0 saturated carbocycles. The highest BCUT2D eigenvalue weighted by Crippen LogP contribution is 2.37. The maximum atomic E-state index is 13.1. The van der Waals surface area contributed by atoms with E-state index in [2.05, 4.69) is 4.90 Å². The Morgan fingerprint density at radius 1 is 1.33 bits per heavy atom. The number of unbranched alkanes of at least 4 members (excludes halogenated alkanes) is 1. The predicted octanol–water partition coefficient (Wildman–Crippen LogP) is 4.34. The highest BCUT2D eigenvalue weighted by molar-refractivity contribution is 6.26. The van der Waals surface area contributed by atoms with Crippen molar-refractivity contribution in [2.75, 3.05) is 13.1 Å². The van der Waals surface area contributed by atoms with E-state index in [1.165, 1.54) is 12.1 Å². The van der Waals surface area contributed by atoms with Gasteiger partial charge >= 0.3 is 5.97 Å². The molecule has 1 fully saturated rings. The summed E-state index contributed by atoms with van der Waals surface area (Å²) in [4.78, 5) is 13.9. The average molecular weight is 331 g/mol. The van der Waals surface area contributed by atoms with Crippen molar-refractivity contribution in [1.29, 1.82) is 0 Å². The number of hydrogen-bond donors (Lipinski definition) is 1. The zero-order valence-electron chi connectivity index (χ0n) is 14.5. The molecule has 0 aliphatic carbocycles. The lowest BCUT2D eigenvalue weighted by Crippen LogP contribution is -2.28. The molecule has 1 heterocycles. The number of carboxylic acids is 1. The maximum absolute atomic E-state index is 13.1. The van der Waals surface area contributed by atoms with Crippen LogP contribution in [0.25, 0.3) is 0 Å². The third-order valence-electron chi connectivity index (χ3n) is 5.09. The van der Waals surface area contributed by atoms with E-state index in [0.717, 1.165) is 50.8 Å². The summed E-state index contributed by atoms with van der Waals surface area (Å²) in [6.07, 6.45) is 5.76. The van der Waals surface area contributed by atoms with Gasteiger partial charge in [0.25, 0.3) is 0 Å². The van der Waals surface area contributed by atoms with Crippen molar-refractivity contribution in [3.63, 3.8) is 0 Å². The van der Waals surface area contributed by atoms with Gasteiger partial charge in [-0.2, -0.15) is 0 Å². The second kappa shape index (κ2) is 8.66. The average Bonchev–Trinajstić information content (AvgIpc) is 3.02. The fourth-order valence-electron chi connectivity index (χ4n) is 3.58. The van der Waals surface area contributed by atoms with Gasteiger partial charge < -0.3 is 5.11 Å². The SMILES string of the molecule is [B]C(CCCC)(CCCN1CCCC1c1ccc(F)cc1)C(=O)O. The van der Waals surface area contributed by atoms with Crippen LogP contribution in [0.15, 0.2) is 24.3 Å². The Labute approximate surface area is 145 Å². The topological polar surface area (TPSA) is 40.5 Å². The molecular formula is C19H27BFNO2. The van der Waals surface area contributed by atoms with Gasteiger partial charge in [0.2, 0.25) is 0 Å². The number of halogens is 1. The van der Waals surface area contributed by atoms with Gasteiger partial charge in [0.1, 0.15) is 5.82 Å². The van der Waals surface area contributed by atoms with E-state index in [-0.39, 0.29) is 5.82 Å². The predicted molar refractivity (Wildman–Crippen MR) is 94.8 cm³/mol. The highest BCUT2D eigenvalue weighted by atomic mass is 19.1. The van der Waals surface area contributed by atoms with E-state index >= 15 is 0 Å². The largest absolute Gasteiger partial charge is 0.481 e. The third kappa shape index (κ3) is 4.82. The van der Waals surface area contributed by atoms with Crippen molar-refractivity contribution in [2.45, 2.75) is 63.2 Å². The Morgan fingerprint density at radius 3 is 2.62 bits per heavy atom. The van der Waals surface area contributed by atoms with Gasteiger partial charge in [-0.15, -0.1) is 0 Å². The number of rotatable bonds is 9. The normalized spacial score (nSPS) is 20.8. The van der Waals surface area contributed by atoms with Gasteiger partial charge in [-0.05, 0) is 62.9 Å². The second-order valence-corrected chi connectivity index (χ2v) is 6.91. The summed E-state index contributed by atoms with van der Waals surface area (Å²) >= 11 is 0. The molecule has 1 saturated heterocycles. The fourth-order valence-corrected chi connectivity index (χ4v) is 3.58. The quantitative estimate of drug-likeness (QED) is 0.684. The molecule has 24 heavy (non-hydrogen) atoms. The smallest absolute Gasteiger partial charge is 0.300 e. The molecule has 2 rings (SSSR count). The molecule has 0 bridgehead atoms. The Kier molecular flexibility index (Phi) is 6.84. The lowest BCUT2D eigenvalue weighted by molar-refractivity contribution is -0.141. The van der Waals surface area contributed by atoms with E-state index in [0.29, 0.717) is 18.9 Å². The van der Waals surface area contributed by atoms with E-state index in [1.54, 1.807) is 0 Å². The summed E-state index contributed by atoms with van der Waals surface area (Å²) < 4.78 is 13.1. The lowest BCUT2D eigenvalue weighted by atomic mass is 9.63. The van der Waals surface area contributed by atoms with Crippen LogP contribution in [-0.4, -0.2) is 36.9 Å². The molecule has 0 aromatic heterocycles. The maximum Gasteiger partial charge on any atom is 0.300 e. The second-order valence-electron chi connectivity index (χ2n) is 6.91. The van der Waals surface area contributed by atoms with Crippen LogP contribution >= 0.6 is 0 Å². The molecule has 1 aromatic rings. The van der Waals surface area contributed by atoms with Crippen molar-refractivity contribution in [2.24, 2.45) is 0 Å². The molecule has 1 aromatic carbocycles. The number of likely N-dealkylation sites (tertiary alicyclic amines) is 1. The van der Waals surface area contributed by atoms with Gasteiger partial charge in [0, 0.05) is 11.4 Å². The molecule has 1 aliphatic rings. The third-order valence-corrected chi connectivity index (χ3v) is 5.09. The number of carbonyl (C=O) groups is 1. The first-order valence-corrected chi connectivity index (χ1v) is 8.98. The van der Waals surface area contributed by atoms with Crippen LogP contribution in [0.3, 0.4) is 0 Å². The summed E-state index contributed by atoms with van der Waals surface area (Å²) in [6.45, 7) is 3.88. The number of aliphatic carboxylic acids is 1. The molecular weight excluding hydrogens is 304 g/mol. The standard InChI is InChI=1S/C19H27BFNO2/c1-2-3-11-19(20,18(23)24)12-5-14-22-13-4-6-17(22)15-7-9-16(21)10-8-15/h7-10,17H,2-6,11-14H2,1H3,(H,23,24). The summed E-state index contributed by atoms with van der Waals surface area (Å²) in [6, 6.07) is 7.02. The molecule has 1 aliphatic heterocycles. The molecule has 2 atom stereocenters. The van der Waals surface area contributed by atoms with Crippen molar-refractivity contribution >= 4 is 13.8 Å². The van der Waals surface area contributed by atoms with Crippen LogP contribution in [0, 0.1) is 5.82 Å². The molecule has 1 N–H and O–H groups in total. The summed E-state index contributed by atoms with van der Waals surface area (Å²) in [5.74, 6) is -1.11. The van der Waals surface area contributed by atoms with Gasteiger partial charge in [-0.1, -0.05) is 31.9 Å². The number of hydrogen-bond acceptors (Lipinski definition) is 2. The first-order valence-electron chi connectivity index (χ1n) is 8.98. The van der Waals surface area contributed by atoms with E-state index < -0.39 is 11.3 Å². The molecule has 0 spiro atoms. The number of benzene rings is 1. The molecule has 2 radical (unpaired) electrons. The minimum absolute atomic E-state index is 0.214. The Balaban J connectivity index is 1.90. The first-order chi connectivity index (χ1) is 11.5. The molecule has 3 nitrogen and oxygen atoms in total. The molecule has 130 valence electrons. The summed E-state index contributed by atoms with van der Waals surface area (Å²) in [5, 5.41) is 8.32. The van der Waals surface area contributed by atoms with Crippen LogP contribution in [0.2, 0.25) is 5.31 Å². The first kappa shape index (κ1) is 19.0. The number of nitrogens with zero attached hydrogens (tertiary/aromatic N) is 1. The van der Waals surface area contributed by atoms with Crippen molar-refractivity contribution in [3.05, 3.63) is 35.6 Å². The highest BCUT2D eigenvalue weighted by Gasteiger charge is 2.32. The zero-order valence-corrected chi connectivity index (χ0v) is 14.5. The van der Waals surface area contributed by atoms with Gasteiger partial charge in [-0.3, -0.25) is 9.69 Å². The van der Waals surface area contributed by atoms with Crippen molar-refractivity contribution in [1.82, 2.24) is 4.90 Å². The number of carboxylic acid groups (broad SMARTS) is 1. The fraction of sp³-hybridized carbons (Fsp3) is 0.632. The zero-order chi connectivity index (χ0) is 17.6.